The molecular formula is C25H36N2O. The van der Waals surface area contributed by atoms with Crippen molar-refractivity contribution in [3.8, 4) is 0 Å². The Morgan fingerprint density at radius 1 is 0.643 bits per heavy atom. The molecule has 2 amide bonds. The average Bonchev–Trinajstić information content (AvgIpc) is 2.71. The standard InChI is InChI=1S/C25H36N2O/c1-3-5-7-9-15-21-17-11-13-19-23(21)26-25(28)27-24-20-14-12-18-22(24)16-10-8-6-4-2/h11-14,17-20H,3-10,15-16H2,1-2H3,(H2,26,27,28). The highest BCUT2D eigenvalue weighted by Crippen LogP contribution is 2.21. The fourth-order valence-corrected chi connectivity index (χ4v) is 3.48. The van der Waals surface area contributed by atoms with Crippen LogP contribution in [0.4, 0.5) is 16.2 Å². The summed E-state index contributed by atoms with van der Waals surface area (Å²) in [5.74, 6) is 0. The normalized spacial score (nSPS) is 10.6. The molecule has 2 rings (SSSR count). The minimum absolute atomic E-state index is 0.165. The van der Waals surface area contributed by atoms with Gasteiger partial charge in [0, 0.05) is 11.4 Å². The zero-order valence-electron chi connectivity index (χ0n) is 17.6. The largest absolute Gasteiger partial charge is 0.323 e. The molecule has 0 saturated heterocycles. The number of hydrogen-bond donors (Lipinski definition) is 2. The second-order valence-electron chi connectivity index (χ2n) is 7.51. The van der Waals surface area contributed by atoms with E-state index in [4.69, 9.17) is 0 Å². The predicted octanol–water partition coefficient (Wildman–Crippen LogP) is 7.58. The van der Waals surface area contributed by atoms with Gasteiger partial charge in [-0.3, -0.25) is 0 Å². The van der Waals surface area contributed by atoms with E-state index in [0.717, 1.165) is 37.1 Å². The van der Waals surface area contributed by atoms with Crippen LogP contribution in [0.5, 0.6) is 0 Å². The maximum Gasteiger partial charge on any atom is 0.323 e. The van der Waals surface area contributed by atoms with Gasteiger partial charge >= 0.3 is 6.03 Å². The Hall–Kier alpha value is -2.29. The first-order valence-corrected chi connectivity index (χ1v) is 11.0. The zero-order chi connectivity index (χ0) is 20.0. The fourth-order valence-electron chi connectivity index (χ4n) is 3.48. The molecule has 2 aromatic rings. The quantitative estimate of drug-likeness (QED) is 0.366. The molecule has 0 atom stereocenters. The van der Waals surface area contributed by atoms with Crippen molar-refractivity contribution in [3.63, 3.8) is 0 Å². The van der Waals surface area contributed by atoms with Crippen LogP contribution >= 0.6 is 0 Å². The van der Waals surface area contributed by atoms with Crippen molar-refractivity contribution < 1.29 is 4.79 Å². The number of anilines is 2. The van der Waals surface area contributed by atoms with Crippen LogP contribution in [0.15, 0.2) is 48.5 Å². The van der Waals surface area contributed by atoms with E-state index in [0.29, 0.717) is 0 Å². The summed E-state index contributed by atoms with van der Waals surface area (Å²) in [5, 5.41) is 6.11. The first-order valence-electron chi connectivity index (χ1n) is 11.0. The third-order valence-corrected chi connectivity index (χ3v) is 5.13. The number of nitrogens with one attached hydrogen (secondary N) is 2. The highest BCUT2D eigenvalue weighted by molar-refractivity contribution is 6.00. The number of benzene rings is 2. The molecule has 2 N–H and O–H groups in total. The lowest BCUT2D eigenvalue weighted by atomic mass is 10.0. The Kier molecular flexibility index (Phi) is 10.2. The lowest BCUT2D eigenvalue weighted by Gasteiger charge is -2.14. The second kappa shape index (κ2) is 13.0. The lowest BCUT2D eigenvalue weighted by Crippen LogP contribution is -2.21. The molecule has 3 nitrogen and oxygen atoms in total. The Labute approximate surface area is 170 Å². The number of unbranched alkanes of at least 4 members (excludes halogenated alkanes) is 6. The monoisotopic (exact) mass is 380 g/mol. The van der Waals surface area contributed by atoms with Gasteiger partial charge in [-0.25, -0.2) is 4.79 Å². The van der Waals surface area contributed by atoms with Crippen LogP contribution in [-0.4, -0.2) is 6.03 Å². The zero-order valence-corrected chi connectivity index (χ0v) is 17.6. The molecule has 0 aliphatic heterocycles. The van der Waals surface area contributed by atoms with Gasteiger partial charge in [-0.2, -0.15) is 0 Å². The molecule has 0 heterocycles. The molecule has 0 radical (unpaired) electrons. The average molecular weight is 381 g/mol. The number of amides is 2. The molecule has 28 heavy (non-hydrogen) atoms. The minimum atomic E-state index is -0.165. The SMILES string of the molecule is CCCCCCc1ccccc1NC(=O)Nc1ccccc1CCCCCC. The third-order valence-electron chi connectivity index (χ3n) is 5.13. The van der Waals surface area contributed by atoms with Gasteiger partial charge in [0.1, 0.15) is 0 Å². The lowest BCUT2D eigenvalue weighted by molar-refractivity contribution is 0.262. The highest BCUT2D eigenvalue weighted by Gasteiger charge is 2.09. The smallest absolute Gasteiger partial charge is 0.307 e. The van der Waals surface area contributed by atoms with Crippen molar-refractivity contribution in [1.82, 2.24) is 0 Å². The molecule has 152 valence electrons. The number of aryl methyl sites for hydroxylation is 2. The molecule has 0 aliphatic carbocycles. The fraction of sp³-hybridized carbons (Fsp3) is 0.480. The summed E-state index contributed by atoms with van der Waals surface area (Å²) in [5.41, 5.74) is 4.25. The van der Waals surface area contributed by atoms with Crippen LogP contribution in [-0.2, 0) is 12.8 Å². The van der Waals surface area contributed by atoms with Gasteiger partial charge < -0.3 is 10.6 Å². The second-order valence-corrected chi connectivity index (χ2v) is 7.51. The first-order chi connectivity index (χ1) is 13.7. The van der Waals surface area contributed by atoms with Gasteiger partial charge in [0.15, 0.2) is 0 Å². The van der Waals surface area contributed by atoms with Crippen LogP contribution in [0.1, 0.15) is 76.3 Å². The molecule has 2 aromatic carbocycles. The van der Waals surface area contributed by atoms with E-state index in [1.807, 2.05) is 36.4 Å². The minimum Gasteiger partial charge on any atom is -0.307 e. The molecule has 0 unspecified atom stereocenters. The number of para-hydroxylation sites is 2. The highest BCUT2D eigenvalue weighted by atomic mass is 16.2. The van der Waals surface area contributed by atoms with Crippen LogP contribution < -0.4 is 10.6 Å². The van der Waals surface area contributed by atoms with Crippen LogP contribution in [0, 0.1) is 0 Å². The Balaban J connectivity index is 1.94. The number of hydrogen-bond acceptors (Lipinski definition) is 1. The summed E-state index contributed by atoms with van der Waals surface area (Å²) in [6.45, 7) is 4.45. The summed E-state index contributed by atoms with van der Waals surface area (Å²) >= 11 is 0. The molecule has 0 saturated carbocycles. The van der Waals surface area contributed by atoms with Gasteiger partial charge in [-0.05, 0) is 48.9 Å². The molecule has 0 fully saturated rings. The maximum atomic E-state index is 12.6. The van der Waals surface area contributed by atoms with Crippen molar-refractivity contribution in [2.75, 3.05) is 10.6 Å². The Morgan fingerprint density at radius 3 is 1.50 bits per heavy atom. The molecule has 3 heteroatoms. The third kappa shape index (κ3) is 7.75. The predicted molar refractivity (Wildman–Crippen MR) is 121 cm³/mol. The van der Waals surface area contributed by atoms with Crippen LogP contribution in [0.3, 0.4) is 0 Å². The summed E-state index contributed by atoms with van der Waals surface area (Å²) in [4.78, 5) is 12.6. The van der Waals surface area contributed by atoms with Crippen molar-refractivity contribution in [1.29, 1.82) is 0 Å². The summed E-state index contributed by atoms with van der Waals surface area (Å²) < 4.78 is 0. The van der Waals surface area contributed by atoms with E-state index < -0.39 is 0 Å². The van der Waals surface area contributed by atoms with E-state index in [9.17, 15) is 4.79 Å². The summed E-state index contributed by atoms with van der Waals surface area (Å²) in [7, 11) is 0. The van der Waals surface area contributed by atoms with Crippen LogP contribution in [0.2, 0.25) is 0 Å². The molecular weight excluding hydrogens is 344 g/mol. The van der Waals surface area contributed by atoms with Gasteiger partial charge in [-0.15, -0.1) is 0 Å². The van der Waals surface area contributed by atoms with Gasteiger partial charge in [0.05, 0.1) is 0 Å². The number of carbonyl (C=O) groups is 1. The topological polar surface area (TPSA) is 41.1 Å². The van der Waals surface area contributed by atoms with Gasteiger partial charge in [0.2, 0.25) is 0 Å². The van der Waals surface area contributed by atoms with Crippen molar-refractivity contribution in [3.05, 3.63) is 59.7 Å². The van der Waals surface area contributed by atoms with E-state index in [1.165, 1.54) is 49.7 Å². The molecule has 0 aromatic heterocycles. The summed E-state index contributed by atoms with van der Waals surface area (Å²) in [6.07, 6.45) is 11.8. The van der Waals surface area contributed by atoms with Crippen molar-refractivity contribution in [2.24, 2.45) is 0 Å². The Bertz CT molecular complexity index is 652. The van der Waals surface area contributed by atoms with Crippen molar-refractivity contribution >= 4 is 17.4 Å². The molecule has 0 spiro atoms. The number of urea groups is 1. The van der Waals surface area contributed by atoms with Gasteiger partial charge in [-0.1, -0.05) is 88.8 Å². The molecule has 0 aliphatic rings. The first kappa shape index (κ1) is 22.0. The van der Waals surface area contributed by atoms with Crippen LogP contribution in [0.25, 0.3) is 0 Å². The maximum absolute atomic E-state index is 12.6. The Morgan fingerprint density at radius 2 is 1.07 bits per heavy atom. The van der Waals surface area contributed by atoms with Gasteiger partial charge in [0.25, 0.3) is 0 Å². The van der Waals surface area contributed by atoms with E-state index in [-0.39, 0.29) is 6.03 Å². The molecule has 0 bridgehead atoms. The van der Waals surface area contributed by atoms with E-state index >= 15 is 0 Å². The van der Waals surface area contributed by atoms with E-state index in [1.54, 1.807) is 0 Å². The number of rotatable bonds is 12. The number of carbonyl (C=O) groups excluding carboxylic acids is 1. The summed E-state index contributed by atoms with van der Waals surface area (Å²) in [6, 6.07) is 16.1. The van der Waals surface area contributed by atoms with Crippen molar-refractivity contribution in [2.45, 2.75) is 78.1 Å². The van der Waals surface area contributed by atoms with E-state index in [2.05, 4.69) is 36.6 Å².